The lowest BCUT2D eigenvalue weighted by Gasteiger charge is -2.08. The first-order chi connectivity index (χ1) is 13.5. The van der Waals surface area contributed by atoms with Crippen molar-refractivity contribution in [2.24, 2.45) is 0 Å². The number of thiazole rings is 1. The number of benzene rings is 2. The van der Waals surface area contributed by atoms with Crippen molar-refractivity contribution in [3.05, 3.63) is 64.1 Å². The summed E-state index contributed by atoms with van der Waals surface area (Å²) in [5.41, 5.74) is 5.45. The first kappa shape index (κ1) is 19.5. The highest BCUT2D eigenvalue weighted by Crippen LogP contribution is 2.33. The predicted octanol–water partition coefficient (Wildman–Crippen LogP) is 5.42. The van der Waals surface area contributed by atoms with Gasteiger partial charge in [-0.1, -0.05) is 6.07 Å². The van der Waals surface area contributed by atoms with E-state index in [1.165, 1.54) is 22.5 Å². The van der Waals surface area contributed by atoms with E-state index in [0.717, 1.165) is 16.9 Å². The minimum absolute atomic E-state index is 0.482. The van der Waals surface area contributed by atoms with E-state index >= 15 is 0 Å². The smallest absolute Gasteiger partial charge is 0.161 e. The van der Waals surface area contributed by atoms with Gasteiger partial charge in [0.15, 0.2) is 11.5 Å². The summed E-state index contributed by atoms with van der Waals surface area (Å²) in [5, 5.41) is 15.4. The number of nitriles is 1. The Labute approximate surface area is 168 Å². The third-order valence-electron chi connectivity index (χ3n) is 4.14. The summed E-state index contributed by atoms with van der Waals surface area (Å²) in [6, 6.07) is 14.0. The van der Waals surface area contributed by atoms with E-state index in [1.54, 1.807) is 20.4 Å². The van der Waals surface area contributed by atoms with E-state index < -0.39 is 0 Å². The minimum atomic E-state index is 0.482. The van der Waals surface area contributed by atoms with E-state index in [-0.39, 0.29) is 0 Å². The van der Waals surface area contributed by atoms with Crippen LogP contribution in [0.5, 0.6) is 11.5 Å². The van der Waals surface area contributed by atoms with Crippen LogP contribution in [0.1, 0.15) is 16.1 Å². The van der Waals surface area contributed by atoms with Crippen molar-refractivity contribution in [2.75, 3.05) is 19.5 Å². The molecule has 0 bridgehead atoms. The fourth-order valence-corrected chi connectivity index (χ4v) is 3.68. The molecule has 0 aliphatic carbocycles. The molecule has 6 heteroatoms. The number of aromatic nitrogens is 1. The Kier molecular flexibility index (Phi) is 5.97. The molecule has 0 amide bonds. The summed E-state index contributed by atoms with van der Waals surface area (Å²) in [6.07, 6.45) is 1.70. The van der Waals surface area contributed by atoms with Crippen molar-refractivity contribution >= 4 is 22.6 Å². The lowest BCUT2D eigenvalue weighted by Crippen LogP contribution is -1.93. The van der Waals surface area contributed by atoms with Gasteiger partial charge < -0.3 is 14.8 Å². The molecule has 0 saturated heterocycles. The molecule has 0 aliphatic rings. The Balaban J connectivity index is 1.86. The summed E-state index contributed by atoms with van der Waals surface area (Å²) >= 11 is 1.43. The van der Waals surface area contributed by atoms with Crippen molar-refractivity contribution in [2.45, 2.75) is 13.8 Å². The maximum absolute atomic E-state index is 9.57. The van der Waals surface area contributed by atoms with Crippen LogP contribution in [0.3, 0.4) is 0 Å². The zero-order valence-corrected chi connectivity index (χ0v) is 17.1. The Morgan fingerprint density at radius 1 is 1.07 bits per heavy atom. The van der Waals surface area contributed by atoms with Gasteiger partial charge >= 0.3 is 0 Å². The molecule has 0 atom stereocenters. The molecular formula is C22H21N3O2S. The number of hydrogen-bond donors (Lipinski definition) is 1. The molecule has 0 spiro atoms. The van der Waals surface area contributed by atoms with Crippen LogP contribution in [0.25, 0.3) is 16.8 Å². The van der Waals surface area contributed by atoms with Gasteiger partial charge in [-0.05, 0) is 55.3 Å². The van der Waals surface area contributed by atoms with Crippen molar-refractivity contribution in [1.82, 2.24) is 4.98 Å². The highest BCUT2D eigenvalue weighted by Gasteiger charge is 2.12. The van der Waals surface area contributed by atoms with Gasteiger partial charge in [0, 0.05) is 22.8 Å². The quantitative estimate of drug-likeness (QED) is 0.568. The number of rotatable bonds is 6. The fraction of sp³-hybridized carbons (Fsp3) is 0.182. The Bertz CT molecular complexity index is 1040. The molecule has 28 heavy (non-hydrogen) atoms. The van der Waals surface area contributed by atoms with E-state index in [9.17, 15) is 5.26 Å². The summed E-state index contributed by atoms with van der Waals surface area (Å²) < 4.78 is 10.6. The molecule has 1 N–H and O–H groups in total. The second kappa shape index (κ2) is 8.59. The maximum Gasteiger partial charge on any atom is 0.161 e. The number of nitrogens with zero attached hydrogens (tertiary/aromatic N) is 2. The second-order valence-corrected chi connectivity index (χ2v) is 7.16. The summed E-state index contributed by atoms with van der Waals surface area (Å²) in [7, 11) is 3.20. The van der Waals surface area contributed by atoms with Crippen molar-refractivity contribution in [3.8, 4) is 28.8 Å². The fourth-order valence-electron chi connectivity index (χ4n) is 2.88. The van der Waals surface area contributed by atoms with E-state index in [4.69, 9.17) is 9.47 Å². The molecule has 1 heterocycles. The topological polar surface area (TPSA) is 67.2 Å². The molecule has 0 radical (unpaired) electrons. The van der Waals surface area contributed by atoms with Crippen LogP contribution in [-0.4, -0.2) is 19.2 Å². The highest BCUT2D eigenvalue weighted by atomic mass is 32.1. The van der Waals surface area contributed by atoms with E-state index in [0.29, 0.717) is 22.1 Å². The number of ether oxygens (including phenoxy) is 2. The number of aryl methyl sites for hydroxylation is 2. The first-order valence-corrected chi connectivity index (χ1v) is 9.55. The average Bonchev–Trinajstić information content (AvgIpc) is 3.17. The van der Waals surface area contributed by atoms with Gasteiger partial charge in [-0.2, -0.15) is 5.26 Å². The van der Waals surface area contributed by atoms with Gasteiger partial charge in [-0.25, -0.2) is 4.98 Å². The number of methoxy groups -OCH3 is 2. The number of hydrogen-bond acceptors (Lipinski definition) is 6. The monoisotopic (exact) mass is 391 g/mol. The Hall–Kier alpha value is -3.30. The molecular weight excluding hydrogens is 370 g/mol. The normalized spacial score (nSPS) is 11.0. The summed E-state index contributed by atoms with van der Waals surface area (Å²) in [6.45, 7) is 4.09. The Morgan fingerprint density at radius 2 is 1.79 bits per heavy atom. The van der Waals surface area contributed by atoms with Crippen LogP contribution < -0.4 is 14.8 Å². The zero-order chi connectivity index (χ0) is 20.1. The molecule has 5 nitrogen and oxygen atoms in total. The third kappa shape index (κ3) is 4.33. The van der Waals surface area contributed by atoms with Crippen LogP contribution in [0.2, 0.25) is 0 Å². The van der Waals surface area contributed by atoms with Crippen LogP contribution >= 0.6 is 11.3 Å². The van der Waals surface area contributed by atoms with Gasteiger partial charge in [0.1, 0.15) is 16.6 Å². The summed E-state index contributed by atoms with van der Waals surface area (Å²) in [4.78, 5) is 4.62. The minimum Gasteiger partial charge on any atom is -0.493 e. The first-order valence-electron chi connectivity index (χ1n) is 8.67. The van der Waals surface area contributed by atoms with Gasteiger partial charge in [0.2, 0.25) is 0 Å². The molecule has 142 valence electrons. The van der Waals surface area contributed by atoms with Crippen LogP contribution in [-0.2, 0) is 0 Å². The lowest BCUT2D eigenvalue weighted by molar-refractivity contribution is 0.355. The van der Waals surface area contributed by atoms with E-state index in [1.807, 2.05) is 49.6 Å². The van der Waals surface area contributed by atoms with Gasteiger partial charge in [0.25, 0.3) is 0 Å². The molecule has 0 unspecified atom stereocenters. The van der Waals surface area contributed by atoms with Crippen LogP contribution in [0.15, 0.2) is 48.0 Å². The molecule has 0 saturated carbocycles. The standard InChI is InChI=1S/C22H21N3O2S/c1-14-7-15(2)9-18(8-14)24-12-17(11-23)22-25-19(13-28-22)16-5-6-20(26-3)21(10-16)27-4/h5-10,12-13,24H,1-4H3/b17-12+. The van der Waals surface area contributed by atoms with Crippen molar-refractivity contribution < 1.29 is 9.47 Å². The lowest BCUT2D eigenvalue weighted by atomic mass is 10.1. The highest BCUT2D eigenvalue weighted by molar-refractivity contribution is 7.11. The Morgan fingerprint density at radius 3 is 2.43 bits per heavy atom. The molecule has 3 rings (SSSR count). The van der Waals surface area contributed by atoms with Gasteiger partial charge in [0.05, 0.1) is 19.9 Å². The van der Waals surface area contributed by atoms with Gasteiger partial charge in [-0.15, -0.1) is 11.3 Å². The van der Waals surface area contributed by atoms with Crippen LogP contribution in [0.4, 0.5) is 5.69 Å². The van der Waals surface area contributed by atoms with Crippen molar-refractivity contribution in [3.63, 3.8) is 0 Å². The van der Waals surface area contributed by atoms with Crippen molar-refractivity contribution in [1.29, 1.82) is 5.26 Å². The third-order valence-corrected chi connectivity index (χ3v) is 5.01. The SMILES string of the molecule is COc1ccc(-c2csc(/C(C#N)=C/Nc3cc(C)cc(C)c3)n2)cc1OC. The average molecular weight is 391 g/mol. The van der Waals surface area contributed by atoms with Crippen LogP contribution in [0, 0.1) is 25.2 Å². The number of anilines is 1. The predicted molar refractivity (Wildman–Crippen MR) is 114 cm³/mol. The molecule has 0 fully saturated rings. The molecule has 1 aromatic heterocycles. The maximum atomic E-state index is 9.57. The molecule has 3 aromatic rings. The second-order valence-electron chi connectivity index (χ2n) is 6.30. The zero-order valence-electron chi connectivity index (χ0n) is 16.2. The van der Waals surface area contributed by atoms with Gasteiger partial charge in [-0.3, -0.25) is 0 Å². The summed E-state index contributed by atoms with van der Waals surface area (Å²) in [5.74, 6) is 1.30. The van der Waals surface area contributed by atoms with E-state index in [2.05, 4.69) is 22.4 Å². The largest absolute Gasteiger partial charge is 0.493 e. The molecule has 2 aromatic carbocycles. The number of nitrogens with one attached hydrogen (secondary N) is 1. The molecule has 0 aliphatic heterocycles. The number of allylic oxidation sites excluding steroid dienone is 1.